The molecule has 1 unspecified atom stereocenters. The van der Waals surface area contributed by atoms with E-state index in [-0.39, 0.29) is 23.6 Å². The van der Waals surface area contributed by atoms with E-state index in [1.54, 1.807) is 6.07 Å². The molecule has 5 rings (SSSR count). The van der Waals surface area contributed by atoms with Crippen LogP contribution in [-0.4, -0.2) is 12.5 Å². The van der Waals surface area contributed by atoms with Gasteiger partial charge in [0.2, 0.25) is 0 Å². The lowest BCUT2D eigenvalue weighted by molar-refractivity contribution is 0.0899. The van der Waals surface area contributed by atoms with Crippen LogP contribution < -0.4 is 10.1 Å². The molecule has 2 heterocycles. The number of halogens is 2. The first-order valence-electron chi connectivity index (χ1n) is 11.0. The molecule has 3 aromatic carbocycles. The second-order valence-electron chi connectivity index (χ2n) is 8.57. The fourth-order valence-electron chi connectivity index (χ4n) is 4.42. The van der Waals surface area contributed by atoms with E-state index in [0.717, 1.165) is 33.4 Å². The Balaban J connectivity index is 1.56. The van der Waals surface area contributed by atoms with E-state index in [4.69, 9.17) is 32.4 Å². The number of fused-ring (bicyclic) bond motifs is 2. The van der Waals surface area contributed by atoms with E-state index in [2.05, 4.69) is 25.2 Å². The number of nitrogens with one attached hydrogen (secondary N) is 1. The first-order valence-corrected chi connectivity index (χ1v) is 11.7. The Bertz CT molecular complexity index is 1340. The number of amides is 1. The highest BCUT2D eigenvalue weighted by Gasteiger charge is 2.25. The zero-order valence-corrected chi connectivity index (χ0v) is 19.8. The smallest absolute Gasteiger partial charge is 0.287 e. The lowest BCUT2D eigenvalue weighted by Crippen LogP contribution is -2.31. The Morgan fingerprint density at radius 3 is 2.55 bits per heavy atom. The molecule has 0 saturated carbocycles. The normalized spacial score (nSPS) is 15.4. The number of para-hydroxylation sites is 1. The number of furan rings is 1. The van der Waals surface area contributed by atoms with Crippen LogP contribution in [0.3, 0.4) is 0 Å². The second kappa shape index (κ2) is 8.77. The average Bonchev–Trinajstić information content (AvgIpc) is 3.23. The lowest BCUT2D eigenvalue weighted by atomic mass is 9.94. The summed E-state index contributed by atoms with van der Waals surface area (Å²) in [5.74, 6) is 1.09. The van der Waals surface area contributed by atoms with Gasteiger partial charge in [0, 0.05) is 33.0 Å². The fourth-order valence-corrected chi connectivity index (χ4v) is 4.94. The summed E-state index contributed by atoms with van der Waals surface area (Å²) in [4.78, 5) is 13.2. The largest absolute Gasteiger partial charge is 0.493 e. The summed E-state index contributed by atoms with van der Waals surface area (Å²) in [5.41, 5.74) is 4.42. The third-order valence-electron chi connectivity index (χ3n) is 6.00. The summed E-state index contributed by atoms with van der Waals surface area (Å²) in [6.07, 6.45) is 0.701. The summed E-state index contributed by atoms with van der Waals surface area (Å²) >= 11 is 12.5. The summed E-state index contributed by atoms with van der Waals surface area (Å²) in [6.45, 7) is 4.80. The minimum Gasteiger partial charge on any atom is -0.493 e. The van der Waals surface area contributed by atoms with Crippen LogP contribution in [0.5, 0.6) is 5.75 Å². The molecule has 6 heteroatoms. The van der Waals surface area contributed by atoms with Crippen molar-refractivity contribution in [2.24, 2.45) is 0 Å². The van der Waals surface area contributed by atoms with Crippen molar-refractivity contribution in [1.82, 2.24) is 5.32 Å². The van der Waals surface area contributed by atoms with Crippen LogP contribution in [0.15, 0.2) is 65.1 Å². The molecule has 0 fully saturated rings. The van der Waals surface area contributed by atoms with Crippen molar-refractivity contribution in [2.45, 2.75) is 32.2 Å². The summed E-state index contributed by atoms with van der Waals surface area (Å²) < 4.78 is 11.9. The standard InChI is InChI=1S/C27H23Cl2NO3/c1-15(2)19-7-8-20(16-11-17(28)13-18(29)12-16)26-22(19)14-25(33-26)27(31)30-23-9-10-32-24-6-4-3-5-21(23)24/h3-8,11-15,23H,9-10H2,1-2H3,(H,30,31). The van der Waals surface area contributed by atoms with Gasteiger partial charge in [0.15, 0.2) is 5.76 Å². The summed E-state index contributed by atoms with van der Waals surface area (Å²) in [5, 5.41) is 5.12. The van der Waals surface area contributed by atoms with E-state index in [0.29, 0.717) is 28.7 Å². The number of carbonyl (C=O) groups excluding carboxylic acids is 1. The molecule has 1 N–H and O–H groups in total. The first kappa shape index (κ1) is 21.9. The van der Waals surface area contributed by atoms with Crippen LogP contribution in [-0.2, 0) is 0 Å². The van der Waals surface area contributed by atoms with Crippen LogP contribution >= 0.6 is 23.2 Å². The summed E-state index contributed by atoms with van der Waals surface area (Å²) in [7, 11) is 0. The van der Waals surface area contributed by atoms with Crippen molar-refractivity contribution in [3.63, 3.8) is 0 Å². The third-order valence-corrected chi connectivity index (χ3v) is 6.44. The molecule has 0 spiro atoms. The van der Waals surface area contributed by atoms with Gasteiger partial charge in [-0.25, -0.2) is 0 Å². The van der Waals surface area contributed by atoms with E-state index in [9.17, 15) is 4.79 Å². The second-order valence-corrected chi connectivity index (χ2v) is 9.44. The first-order chi connectivity index (χ1) is 15.9. The van der Waals surface area contributed by atoms with Crippen molar-refractivity contribution in [3.8, 4) is 16.9 Å². The maximum Gasteiger partial charge on any atom is 0.287 e. The molecular formula is C27H23Cl2NO3. The van der Waals surface area contributed by atoms with Crippen molar-refractivity contribution in [1.29, 1.82) is 0 Å². The Labute approximate surface area is 202 Å². The molecule has 1 aliphatic rings. The molecule has 4 nitrogen and oxygen atoms in total. The van der Waals surface area contributed by atoms with Crippen LogP contribution in [0.2, 0.25) is 10.0 Å². The molecule has 1 atom stereocenters. The van der Waals surface area contributed by atoms with Gasteiger partial charge in [-0.05, 0) is 47.4 Å². The predicted molar refractivity (Wildman–Crippen MR) is 133 cm³/mol. The number of hydrogen-bond acceptors (Lipinski definition) is 3. The third kappa shape index (κ3) is 4.21. The molecule has 4 aromatic rings. The summed E-state index contributed by atoms with van der Waals surface area (Å²) in [6, 6.07) is 18.9. The van der Waals surface area contributed by atoms with Crippen LogP contribution in [0.4, 0.5) is 0 Å². The van der Waals surface area contributed by atoms with Gasteiger partial charge in [-0.15, -0.1) is 0 Å². The van der Waals surface area contributed by atoms with Crippen molar-refractivity contribution in [2.75, 3.05) is 6.61 Å². The van der Waals surface area contributed by atoms with Crippen molar-refractivity contribution < 1.29 is 13.9 Å². The van der Waals surface area contributed by atoms with Gasteiger partial charge in [0.05, 0.1) is 12.6 Å². The van der Waals surface area contributed by atoms with Gasteiger partial charge in [-0.3, -0.25) is 4.79 Å². The maximum atomic E-state index is 13.2. The van der Waals surface area contributed by atoms with E-state index < -0.39 is 0 Å². The maximum absolute atomic E-state index is 13.2. The number of hydrogen-bond donors (Lipinski definition) is 1. The zero-order valence-electron chi connectivity index (χ0n) is 18.3. The molecule has 0 bridgehead atoms. The van der Waals surface area contributed by atoms with Crippen LogP contribution in [0.25, 0.3) is 22.1 Å². The molecule has 168 valence electrons. The van der Waals surface area contributed by atoms with E-state index >= 15 is 0 Å². The number of ether oxygens (including phenoxy) is 1. The molecule has 33 heavy (non-hydrogen) atoms. The highest BCUT2D eigenvalue weighted by molar-refractivity contribution is 6.35. The number of rotatable bonds is 4. The molecule has 0 saturated heterocycles. The lowest BCUT2D eigenvalue weighted by Gasteiger charge is -2.26. The SMILES string of the molecule is CC(C)c1ccc(-c2cc(Cl)cc(Cl)c2)c2oc(C(=O)NC3CCOc4ccccc43)cc12. The van der Waals surface area contributed by atoms with Crippen LogP contribution in [0, 0.1) is 0 Å². The minimum absolute atomic E-state index is 0.133. The zero-order chi connectivity index (χ0) is 23.1. The van der Waals surface area contributed by atoms with Gasteiger partial charge in [-0.1, -0.05) is 67.4 Å². The number of benzene rings is 3. The molecule has 1 aromatic heterocycles. The van der Waals surface area contributed by atoms with Gasteiger partial charge >= 0.3 is 0 Å². The molecule has 0 radical (unpaired) electrons. The molecular weight excluding hydrogens is 457 g/mol. The monoisotopic (exact) mass is 479 g/mol. The van der Waals surface area contributed by atoms with E-state index in [1.165, 1.54) is 0 Å². The number of carbonyl (C=O) groups is 1. The highest BCUT2D eigenvalue weighted by Crippen LogP contribution is 2.38. The average molecular weight is 480 g/mol. The Morgan fingerprint density at radius 1 is 1.03 bits per heavy atom. The minimum atomic E-state index is -0.252. The Hall–Kier alpha value is -2.95. The van der Waals surface area contributed by atoms with Gasteiger partial charge in [0.1, 0.15) is 11.3 Å². The fraction of sp³-hybridized carbons (Fsp3) is 0.222. The van der Waals surface area contributed by atoms with Crippen molar-refractivity contribution in [3.05, 3.63) is 87.6 Å². The molecule has 0 aliphatic carbocycles. The topological polar surface area (TPSA) is 51.5 Å². The quantitative estimate of drug-likeness (QED) is 0.325. The van der Waals surface area contributed by atoms with Crippen molar-refractivity contribution >= 4 is 40.1 Å². The molecule has 1 aliphatic heterocycles. The van der Waals surface area contributed by atoms with Gasteiger partial charge in [0.25, 0.3) is 5.91 Å². The Kier molecular flexibility index (Phi) is 5.81. The van der Waals surface area contributed by atoms with Gasteiger partial charge < -0.3 is 14.5 Å². The van der Waals surface area contributed by atoms with E-state index in [1.807, 2.05) is 48.5 Å². The Morgan fingerprint density at radius 2 is 1.79 bits per heavy atom. The van der Waals surface area contributed by atoms with Gasteiger partial charge in [-0.2, -0.15) is 0 Å². The molecule has 1 amide bonds. The predicted octanol–water partition coefficient (Wildman–Crippen LogP) is 7.78. The van der Waals surface area contributed by atoms with Crippen LogP contribution in [0.1, 0.15) is 53.9 Å². The highest BCUT2D eigenvalue weighted by atomic mass is 35.5.